The van der Waals surface area contributed by atoms with Gasteiger partial charge in [0.1, 0.15) is 0 Å². The third-order valence-corrected chi connectivity index (χ3v) is 3.61. The van der Waals surface area contributed by atoms with Gasteiger partial charge in [0.15, 0.2) is 0 Å². The minimum absolute atomic E-state index is 0.324. The molecule has 0 spiro atoms. The molecule has 0 bridgehead atoms. The molecule has 1 N–H and O–H groups in total. The number of nitrogens with one attached hydrogen (secondary N) is 1. The lowest BCUT2D eigenvalue weighted by Crippen LogP contribution is -2.06. The standard InChI is InChI=1S/C17H17N3O2/c1-20-15-6-4-3-5-14(15)19-17(20)18-11-12-7-9-13(10-8-12)16(21)22-2/h3-10H,11H2,1-2H3,(H,18,19). The first-order valence-corrected chi connectivity index (χ1v) is 7.01. The van der Waals surface area contributed by atoms with Crippen LogP contribution in [0, 0.1) is 0 Å². The van der Waals surface area contributed by atoms with Crippen molar-refractivity contribution < 1.29 is 9.53 Å². The fourth-order valence-corrected chi connectivity index (χ4v) is 2.36. The summed E-state index contributed by atoms with van der Waals surface area (Å²) in [6.07, 6.45) is 0. The van der Waals surface area contributed by atoms with E-state index in [9.17, 15) is 4.79 Å². The molecule has 0 saturated heterocycles. The number of carbonyl (C=O) groups excluding carboxylic acids is 1. The van der Waals surface area contributed by atoms with Gasteiger partial charge in [0.25, 0.3) is 0 Å². The van der Waals surface area contributed by atoms with Crippen molar-refractivity contribution >= 4 is 23.0 Å². The zero-order valence-corrected chi connectivity index (χ0v) is 12.5. The number of para-hydroxylation sites is 2. The van der Waals surface area contributed by atoms with E-state index in [1.807, 2.05) is 48.0 Å². The van der Waals surface area contributed by atoms with Gasteiger partial charge in [-0.2, -0.15) is 0 Å². The summed E-state index contributed by atoms with van der Waals surface area (Å²) in [5.41, 5.74) is 3.67. The number of esters is 1. The summed E-state index contributed by atoms with van der Waals surface area (Å²) in [5.74, 6) is 0.494. The second kappa shape index (κ2) is 5.89. The second-order valence-electron chi connectivity index (χ2n) is 5.03. The first kappa shape index (κ1) is 14.1. The highest BCUT2D eigenvalue weighted by Gasteiger charge is 2.07. The van der Waals surface area contributed by atoms with E-state index in [2.05, 4.69) is 15.0 Å². The number of ether oxygens (including phenoxy) is 1. The highest BCUT2D eigenvalue weighted by molar-refractivity contribution is 5.89. The third-order valence-electron chi connectivity index (χ3n) is 3.61. The Hall–Kier alpha value is -2.82. The van der Waals surface area contributed by atoms with Crippen LogP contribution in [-0.4, -0.2) is 22.6 Å². The van der Waals surface area contributed by atoms with Crippen molar-refractivity contribution in [3.63, 3.8) is 0 Å². The van der Waals surface area contributed by atoms with Gasteiger partial charge in [-0.15, -0.1) is 0 Å². The van der Waals surface area contributed by atoms with E-state index in [1.54, 1.807) is 12.1 Å². The summed E-state index contributed by atoms with van der Waals surface area (Å²) in [6.45, 7) is 0.638. The van der Waals surface area contributed by atoms with Gasteiger partial charge >= 0.3 is 5.97 Å². The van der Waals surface area contributed by atoms with Crippen molar-refractivity contribution in [2.45, 2.75) is 6.54 Å². The molecule has 0 saturated carbocycles. The molecule has 5 nitrogen and oxygen atoms in total. The molecule has 0 amide bonds. The summed E-state index contributed by atoms with van der Waals surface area (Å²) in [4.78, 5) is 16.0. The maximum Gasteiger partial charge on any atom is 0.337 e. The van der Waals surface area contributed by atoms with Gasteiger partial charge in [-0.1, -0.05) is 24.3 Å². The van der Waals surface area contributed by atoms with E-state index < -0.39 is 0 Å². The Bertz CT molecular complexity index is 806. The summed E-state index contributed by atoms with van der Waals surface area (Å²) >= 11 is 0. The van der Waals surface area contributed by atoms with Crippen molar-refractivity contribution in [3.05, 3.63) is 59.7 Å². The zero-order chi connectivity index (χ0) is 15.5. The summed E-state index contributed by atoms with van der Waals surface area (Å²) in [5, 5.41) is 3.32. The lowest BCUT2D eigenvalue weighted by atomic mass is 10.1. The Morgan fingerprint density at radius 1 is 1.18 bits per heavy atom. The number of methoxy groups -OCH3 is 1. The van der Waals surface area contributed by atoms with E-state index in [-0.39, 0.29) is 5.97 Å². The SMILES string of the molecule is COC(=O)c1ccc(CNc2nc3ccccc3n2C)cc1. The summed E-state index contributed by atoms with van der Waals surface area (Å²) in [7, 11) is 3.36. The quantitative estimate of drug-likeness (QED) is 0.752. The molecule has 22 heavy (non-hydrogen) atoms. The van der Waals surface area contributed by atoms with Crippen LogP contribution in [0.3, 0.4) is 0 Å². The first-order valence-electron chi connectivity index (χ1n) is 7.01. The average Bonchev–Trinajstić information content (AvgIpc) is 2.89. The number of fused-ring (bicyclic) bond motifs is 1. The van der Waals surface area contributed by atoms with E-state index in [0.29, 0.717) is 12.1 Å². The highest BCUT2D eigenvalue weighted by atomic mass is 16.5. The molecular weight excluding hydrogens is 278 g/mol. The minimum Gasteiger partial charge on any atom is -0.465 e. The fraction of sp³-hybridized carbons (Fsp3) is 0.176. The number of nitrogens with zero attached hydrogens (tertiary/aromatic N) is 2. The van der Waals surface area contributed by atoms with Crippen molar-refractivity contribution in [2.24, 2.45) is 7.05 Å². The van der Waals surface area contributed by atoms with Crippen molar-refractivity contribution in [3.8, 4) is 0 Å². The van der Waals surface area contributed by atoms with Crippen LogP contribution in [-0.2, 0) is 18.3 Å². The maximum atomic E-state index is 11.4. The van der Waals surface area contributed by atoms with Crippen LogP contribution < -0.4 is 5.32 Å². The van der Waals surface area contributed by atoms with Crippen molar-refractivity contribution in [1.29, 1.82) is 0 Å². The van der Waals surface area contributed by atoms with Crippen LogP contribution in [0.2, 0.25) is 0 Å². The summed E-state index contributed by atoms with van der Waals surface area (Å²) in [6, 6.07) is 15.3. The first-order chi connectivity index (χ1) is 10.7. The van der Waals surface area contributed by atoms with E-state index in [0.717, 1.165) is 22.5 Å². The Morgan fingerprint density at radius 2 is 1.91 bits per heavy atom. The van der Waals surface area contributed by atoms with Crippen LogP contribution >= 0.6 is 0 Å². The molecule has 1 heterocycles. The molecule has 0 atom stereocenters. The third kappa shape index (κ3) is 2.65. The van der Waals surface area contributed by atoms with E-state index >= 15 is 0 Å². The minimum atomic E-state index is -0.324. The number of carbonyl (C=O) groups is 1. The molecule has 1 aromatic heterocycles. The van der Waals surface area contributed by atoms with Gasteiger partial charge in [0.05, 0.1) is 23.7 Å². The van der Waals surface area contributed by atoms with Gasteiger partial charge in [-0.3, -0.25) is 0 Å². The monoisotopic (exact) mass is 295 g/mol. The Kier molecular flexibility index (Phi) is 3.78. The topological polar surface area (TPSA) is 56.1 Å². The fourth-order valence-electron chi connectivity index (χ4n) is 2.36. The van der Waals surface area contributed by atoms with E-state index in [4.69, 9.17) is 0 Å². The predicted octanol–water partition coefficient (Wildman–Crippen LogP) is 2.97. The zero-order valence-electron chi connectivity index (χ0n) is 12.5. The van der Waals surface area contributed by atoms with Gasteiger partial charge in [0, 0.05) is 13.6 Å². The second-order valence-corrected chi connectivity index (χ2v) is 5.03. The normalized spacial score (nSPS) is 10.6. The van der Waals surface area contributed by atoms with Gasteiger partial charge in [-0.25, -0.2) is 9.78 Å². The number of anilines is 1. The lowest BCUT2D eigenvalue weighted by molar-refractivity contribution is 0.0600. The largest absolute Gasteiger partial charge is 0.465 e. The van der Waals surface area contributed by atoms with E-state index in [1.165, 1.54) is 7.11 Å². The Balaban J connectivity index is 1.74. The van der Waals surface area contributed by atoms with Gasteiger partial charge < -0.3 is 14.6 Å². The number of hydrogen-bond donors (Lipinski definition) is 1. The molecule has 0 aliphatic rings. The molecule has 112 valence electrons. The number of aryl methyl sites for hydroxylation is 1. The van der Waals surface area contributed by atoms with Crippen LogP contribution in [0.15, 0.2) is 48.5 Å². The van der Waals surface area contributed by atoms with Crippen LogP contribution in [0.25, 0.3) is 11.0 Å². The number of benzene rings is 2. The molecule has 0 aliphatic carbocycles. The molecule has 0 aliphatic heterocycles. The molecule has 0 radical (unpaired) electrons. The van der Waals surface area contributed by atoms with Gasteiger partial charge in [-0.05, 0) is 29.8 Å². The van der Waals surface area contributed by atoms with Crippen molar-refractivity contribution in [2.75, 3.05) is 12.4 Å². The molecule has 2 aromatic carbocycles. The Labute approximate surface area is 128 Å². The van der Waals surface area contributed by atoms with Crippen LogP contribution in [0.1, 0.15) is 15.9 Å². The van der Waals surface area contributed by atoms with Crippen LogP contribution in [0.5, 0.6) is 0 Å². The molecule has 5 heteroatoms. The number of hydrogen-bond acceptors (Lipinski definition) is 4. The molecule has 3 rings (SSSR count). The molecule has 3 aromatic rings. The Morgan fingerprint density at radius 3 is 2.59 bits per heavy atom. The van der Waals surface area contributed by atoms with Crippen molar-refractivity contribution in [1.82, 2.24) is 9.55 Å². The van der Waals surface area contributed by atoms with Gasteiger partial charge in [0.2, 0.25) is 5.95 Å². The molecule has 0 unspecified atom stereocenters. The molecule has 0 fully saturated rings. The smallest absolute Gasteiger partial charge is 0.337 e. The molecular formula is C17H17N3O2. The number of rotatable bonds is 4. The summed E-state index contributed by atoms with van der Waals surface area (Å²) < 4.78 is 6.71. The van der Waals surface area contributed by atoms with Crippen LogP contribution in [0.4, 0.5) is 5.95 Å². The highest BCUT2D eigenvalue weighted by Crippen LogP contribution is 2.18. The lowest BCUT2D eigenvalue weighted by Gasteiger charge is -2.07. The predicted molar refractivity (Wildman–Crippen MR) is 85.8 cm³/mol. The number of aromatic nitrogens is 2. The number of imidazole rings is 1. The average molecular weight is 295 g/mol. The maximum absolute atomic E-state index is 11.4.